The highest BCUT2D eigenvalue weighted by molar-refractivity contribution is 4.97. The van der Waals surface area contributed by atoms with Gasteiger partial charge in [-0.05, 0) is 38.5 Å². The normalized spacial score (nSPS) is 32.5. The zero-order chi connectivity index (χ0) is 14.6. The lowest BCUT2D eigenvalue weighted by molar-refractivity contribution is 0.0228. The van der Waals surface area contributed by atoms with Crippen molar-refractivity contribution in [3.05, 3.63) is 0 Å². The van der Waals surface area contributed by atoms with Gasteiger partial charge in [-0.3, -0.25) is 4.90 Å². The molecule has 1 saturated heterocycles. The number of piperazine rings is 1. The van der Waals surface area contributed by atoms with Gasteiger partial charge < -0.3 is 5.32 Å². The van der Waals surface area contributed by atoms with E-state index in [0.29, 0.717) is 17.6 Å². The zero-order valence-corrected chi connectivity index (χ0v) is 14.3. The highest BCUT2D eigenvalue weighted by Crippen LogP contribution is 2.27. The monoisotopic (exact) mass is 268 g/mol. The first kappa shape index (κ1) is 17.0. The summed E-state index contributed by atoms with van der Waals surface area (Å²) in [4.78, 5) is 2.79. The summed E-state index contributed by atoms with van der Waals surface area (Å²) in [7, 11) is 0. The molecule has 19 heavy (non-hydrogen) atoms. The fourth-order valence-electron chi connectivity index (χ4n) is 3.27. The molecule has 1 aliphatic heterocycles. The van der Waals surface area contributed by atoms with E-state index in [0.717, 1.165) is 18.4 Å². The molecule has 0 saturated carbocycles. The number of nitrogens with one attached hydrogen (secondary N) is 1. The molecule has 114 valence electrons. The van der Waals surface area contributed by atoms with Crippen molar-refractivity contribution in [2.45, 2.75) is 85.4 Å². The van der Waals surface area contributed by atoms with Gasteiger partial charge >= 0.3 is 0 Å². The van der Waals surface area contributed by atoms with Crippen LogP contribution >= 0.6 is 0 Å². The first-order valence-electron chi connectivity index (χ1n) is 8.33. The van der Waals surface area contributed by atoms with Crippen LogP contribution in [-0.4, -0.2) is 35.6 Å². The van der Waals surface area contributed by atoms with Crippen LogP contribution in [0.3, 0.4) is 0 Å². The highest BCUT2D eigenvalue weighted by atomic mass is 15.3. The molecule has 1 heterocycles. The van der Waals surface area contributed by atoms with E-state index in [1.807, 2.05) is 0 Å². The Kier molecular flexibility index (Phi) is 6.32. The molecule has 4 unspecified atom stereocenters. The fraction of sp³-hybridized carbons (Fsp3) is 1.00. The third-order valence-corrected chi connectivity index (χ3v) is 5.25. The molecule has 0 radical (unpaired) electrons. The molecule has 1 rings (SSSR count). The Morgan fingerprint density at radius 2 is 1.84 bits per heavy atom. The van der Waals surface area contributed by atoms with Gasteiger partial charge in [0.1, 0.15) is 0 Å². The fourth-order valence-corrected chi connectivity index (χ4v) is 3.27. The molecule has 1 fully saturated rings. The lowest BCUT2D eigenvalue weighted by atomic mass is 9.87. The Bertz CT molecular complexity index is 264. The minimum atomic E-state index is 0.301. The van der Waals surface area contributed by atoms with Crippen molar-refractivity contribution in [3.8, 4) is 0 Å². The molecule has 2 heteroatoms. The molecule has 0 aromatic carbocycles. The van der Waals surface area contributed by atoms with Gasteiger partial charge in [0.15, 0.2) is 0 Å². The van der Waals surface area contributed by atoms with E-state index < -0.39 is 0 Å². The summed E-state index contributed by atoms with van der Waals surface area (Å²) in [5.41, 5.74) is 0.301. The van der Waals surface area contributed by atoms with Gasteiger partial charge in [0.05, 0.1) is 0 Å². The first-order valence-corrected chi connectivity index (χ1v) is 8.33. The number of hydrogen-bond acceptors (Lipinski definition) is 2. The minimum Gasteiger partial charge on any atom is -0.309 e. The second kappa shape index (κ2) is 7.08. The van der Waals surface area contributed by atoms with E-state index >= 15 is 0 Å². The Morgan fingerprint density at radius 1 is 1.21 bits per heavy atom. The molecule has 0 aromatic heterocycles. The molecule has 0 bridgehead atoms. The van der Waals surface area contributed by atoms with Crippen molar-refractivity contribution < 1.29 is 0 Å². The quantitative estimate of drug-likeness (QED) is 0.786. The van der Waals surface area contributed by atoms with Crippen molar-refractivity contribution in [2.75, 3.05) is 13.1 Å². The summed E-state index contributed by atoms with van der Waals surface area (Å²) in [6.07, 6.45) is 3.84. The zero-order valence-electron chi connectivity index (χ0n) is 14.3. The van der Waals surface area contributed by atoms with E-state index in [1.54, 1.807) is 0 Å². The summed E-state index contributed by atoms with van der Waals surface area (Å²) in [6.45, 7) is 18.9. The third-order valence-electron chi connectivity index (χ3n) is 5.25. The van der Waals surface area contributed by atoms with Crippen molar-refractivity contribution in [2.24, 2.45) is 11.8 Å². The second-order valence-electron chi connectivity index (χ2n) is 7.38. The molecule has 0 aliphatic carbocycles. The van der Waals surface area contributed by atoms with E-state index in [-0.39, 0.29) is 0 Å². The predicted octanol–water partition coefficient (Wildman–Crippen LogP) is 3.91. The summed E-state index contributed by atoms with van der Waals surface area (Å²) >= 11 is 0. The largest absolute Gasteiger partial charge is 0.309 e. The molecular formula is C17H36N2. The van der Waals surface area contributed by atoms with Crippen LogP contribution < -0.4 is 5.32 Å². The van der Waals surface area contributed by atoms with Crippen LogP contribution in [0.1, 0.15) is 67.7 Å². The maximum Gasteiger partial charge on any atom is 0.0278 e. The van der Waals surface area contributed by atoms with Gasteiger partial charge in [0, 0.05) is 30.7 Å². The molecule has 1 N–H and O–H groups in total. The smallest absolute Gasteiger partial charge is 0.0278 e. The molecule has 2 nitrogen and oxygen atoms in total. The van der Waals surface area contributed by atoms with Crippen molar-refractivity contribution >= 4 is 0 Å². The molecule has 1 aliphatic rings. The van der Waals surface area contributed by atoms with E-state index in [2.05, 4.69) is 58.7 Å². The van der Waals surface area contributed by atoms with Gasteiger partial charge in [0.25, 0.3) is 0 Å². The van der Waals surface area contributed by atoms with E-state index in [9.17, 15) is 0 Å². The number of hydrogen-bond donors (Lipinski definition) is 1. The Labute approximate surface area is 121 Å². The summed E-state index contributed by atoms with van der Waals surface area (Å²) in [6, 6.07) is 1.40. The molecule has 0 spiro atoms. The van der Waals surface area contributed by atoms with Gasteiger partial charge in [-0.25, -0.2) is 0 Å². The van der Waals surface area contributed by atoms with Crippen LogP contribution in [0.15, 0.2) is 0 Å². The Balaban J connectivity index is 2.76. The summed E-state index contributed by atoms with van der Waals surface area (Å²) in [5.74, 6) is 1.57. The van der Waals surface area contributed by atoms with Crippen molar-refractivity contribution in [1.82, 2.24) is 10.2 Å². The third kappa shape index (κ3) is 4.46. The van der Waals surface area contributed by atoms with Crippen LogP contribution in [0.5, 0.6) is 0 Å². The van der Waals surface area contributed by atoms with Crippen LogP contribution in [-0.2, 0) is 0 Å². The molecular weight excluding hydrogens is 232 g/mol. The van der Waals surface area contributed by atoms with Gasteiger partial charge in [-0.15, -0.1) is 0 Å². The lowest BCUT2D eigenvalue weighted by Gasteiger charge is -2.50. The molecule has 0 aromatic rings. The number of nitrogens with zero attached hydrogens (tertiary/aromatic N) is 1. The summed E-state index contributed by atoms with van der Waals surface area (Å²) < 4.78 is 0. The Hall–Kier alpha value is -0.0800. The van der Waals surface area contributed by atoms with Crippen LogP contribution in [0.4, 0.5) is 0 Å². The topological polar surface area (TPSA) is 15.3 Å². The van der Waals surface area contributed by atoms with E-state index in [1.165, 1.54) is 25.8 Å². The maximum atomic E-state index is 3.79. The van der Waals surface area contributed by atoms with E-state index in [4.69, 9.17) is 0 Å². The van der Waals surface area contributed by atoms with Crippen molar-refractivity contribution in [1.29, 1.82) is 0 Å². The predicted molar refractivity (Wildman–Crippen MR) is 85.6 cm³/mol. The van der Waals surface area contributed by atoms with Gasteiger partial charge in [-0.2, -0.15) is 0 Å². The molecule has 4 atom stereocenters. The average molecular weight is 268 g/mol. The number of rotatable bonds is 6. The first-order chi connectivity index (χ1) is 8.83. The minimum absolute atomic E-state index is 0.301. The van der Waals surface area contributed by atoms with Crippen LogP contribution in [0.25, 0.3) is 0 Å². The highest BCUT2D eigenvalue weighted by Gasteiger charge is 2.37. The summed E-state index contributed by atoms with van der Waals surface area (Å²) in [5, 5.41) is 3.79. The second-order valence-corrected chi connectivity index (χ2v) is 7.38. The Morgan fingerprint density at radius 3 is 2.32 bits per heavy atom. The lowest BCUT2D eigenvalue weighted by Crippen LogP contribution is -2.65. The average Bonchev–Trinajstić information content (AvgIpc) is 2.38. The molecule has 0 amide bonds. The SMILES string of the molecule is CCC(C)CC(C)N1CC(C)(CC)NCC1C(C)C. The van der Waals surface area contributed by atoms with Crippen molar-refractivity contribution in [3.63, 3.8) is 0 Å². The maximum absolute atomic E-state index is 3.79. The van der Waals surface area contributed by atoms with Crippen LogP contribution in [0.2, 0.25) is 0 Å². The van der Waals surface area contributed by atoms with Gasteiger partial charge in [0.2, 0.25) is 0 Å². The standard InChI is InChI=1S/C17H36N2/c1-8-14(5)10-15(6)19-12-17(7,9-2)18-11-16(19)13(3)4/h13-16,18H,8-12H2,1-7H3. The van der Waals surface area contributed by atoms with Crippen LogP contribution in [0, 0.1) is 11.8 Å². The van der Waals surface area contributed by atoms with Gasteiger partial charge in [-0.1, -0.05) is 41.0 Å².